The highest BCUT2D eigenvalue weighted by Gasteiger charge is 2.48. The molecule has 0 aromatic rings. The van der Waals surface area contributed by atoms with Gasteiger partial charge in [0.25, 0.3) is 0 Å². The van der Waals surface area contributed by atoms with Crippen LogP contribution in [0.3, 0.4) is 0 Å². The molecule has 10 nitrogen and oxygen atoms in total. The lowest BCUT2D eigenvalue weighted by atomic mass is 9.99. The molecule has 2 heterocycles. The first kappa shape index (κ1) is 17.1. The Bertz CT molecular complexity index is 659. The number of rotatable bonds is 4. The van der Waals surface area contributed by atoms with Gasteiger partial charge in [0.15, 0.2) is 0 Å². The number of amides is 3. The molecule has 24 heavy (non-hydrogen) atoms. The molecule has 3 amide bonds. The molecular formula is C13H20N4O6S. The summed E-state index contributed by atoms with van der Waals surface area (Å²) < 4.78 is 34.8. The van der Waals surface area contributed by atoms with Crippen LogP contribution in [-0.4, -0.2) is 59.3 Å². The molecule has 0 radical (unpaired) electrons. The molecule has 0 spiro atoms. The van der Waals surface area contributed by atoms with Gasteiger partial charge in [-0.2, -0.15) is 13.5 Å². The molecule has 2 saturated heterocycles. The van der Waals surface area contributed by atoms with E-state index in [-0.39, 0.29) is 24.2 Å². The quantitative estimate of drug-likeness (QED) is 0.373. The summed E-state index contributed by atoms with van der Waals surface area (Å²) in [5, 5.41) is 11.3. The average molecular weight is 360 g/mol. The molecule has 2 aliphatic heterocycles. The Morgan fingerprint density at radius 2 is 1.92 bits per heavy atom. The Kier molecular flexibility index (Phi) is 4.49. The van der Waals surface area contributed by atoms with E-state index in [1.807, 2.05) is 0 Å². The van der Waals surface area contributed by atoms with Crippen molar-refractivity contribution in [3.05, 3.63) is 0 Å². The molecule has 0 aromatic carbocycles. The third-order valence-electron chi connectivity index (χ3n) is 4.81. The number of hydrogen-bond donors (Lipinski definition) is 3. The fourth-order valence-electron chi connectivity index (χ4n) is 3.64. The number of hydrogen-bond acceptors (Lipinski definition) is 6. The predicted molar refractivity (Wildman–Crippen MR) is 81.2 cm³/mol. The summed E-state index contributed by atoms with van der Waals surface area (Å²) in [6.07, 6.45) is 4.44. The first-order chi connectivity index (χ1) is 11.3. The van der Waals surface area contributed by atoms with Gasteiger partial charge in [0.05, 0.1) is 12.1 Å². The minimum Gasteiger partial charge on any atom is -0.313 e. The summed E-state index contributed by atoms with van der Waals surface area (Å²) in [5.74, 6) is -0.347. The maximum Gasteiger partial charge on any atom is 0.418 e. The summed E-state index contributed by atoms with van der Waals surface area (Å²) in [6, 6.07) is -1.87. The Labute approximate surface area is 139 Å². The zero-order chi connectivity index (χ0) is 17.5. The summed E-state index contributed by atoms with van der Waals surface area (Å²) in [7, 11) is -4.79. The van der Waals surface area contributed by atoms with E-state index in [2.05, 4.69) is 9.60 Å². The normalized spacial score (nSPS) is 27.6. The number of piperidine rings is 1. The van der Waals surface area contributed by atoms with Crippen molar-refractivity contribution in [1.82, 2.24) is 15.3 Å². The van der Waals surface area contributed by atoms with Crippen LogP contribution in [-0.2, 0) is 19.5 Å². The third-order valence-corrected chi connectivity index (χ3v) is 5.16. The van der Waals surface area contributed by atoms with Gasteiger partial charge in [-0.25, -0.2) is 4.79 Å². The first-order valence-electron chi connectivity index (χ1n) is 7.92. The maximum atomic E-state index is 12.3. The van der Waals surface area contributed by atoms with Gasteiger partial charge in [-0.1, -0.05) is 12.8 Å². The number of nitrogens with zero attached hydrogens (tertiary/aromatic N) is 2. The number of hydroxylamine groups is 2. The number of carbonyl (C=O) groups excluding carboxylic acids is 2. The highest BCUT2D eigenvalue weighted by molar-refractivity contribution is 7.80. The van der Waals surface area contributed by atoms with E-state index in [0.29, 0.717) is 17.9 Å². The lowest BCUT2D eigenvalue weighted by Crippen LogP contribution is -2.51. The summed E-state index contributed by atoms with van der Waals surface area (Å²) in [5.41, 5.74) is 0. The number of amidine groups is 1. The van der Waals surface area contributed by atoms with E-state index in [1.165, 1.54) is 4.90 Å². The van der Waals surface area contributed by atoms with Crippen LogP contribution in [0, 0.1) is 11.3 Å². The molecule has 3 N–H and O–H groups in total. The summed E-state index contributed by atoms with van der Waals surface area (Å²) in [6.45, 7) is 0.181. The molecule has 1 saturated carbocycles. The van der Waals surface area contributed by atoms with Gasteiger partial charge in [0.2, 0.25) is 5.91 Å². The molecule has 0 aromatic heterocycles. The molecule has 3 aliphatic rings. The summed E-state index contributed by atoms with van der Waals surface area (Å²) >= 11 is 0. The van der Waals surface area contributed by atoms with Crippen LogP contribution >= 0.6 is 0 Å². The van der Waals surface area contributed by atoms with Gasteiger partial charge in [-0.15, -0.1) is 4.28 Å². The van der Waals surface area contributed by atoms with Crippen molar-refractivity contribution in [2.45, 2.75) is 50.6 Å². The Hall–Kier alpha value is -1.72. The van der Waals surface area contributed by atoms with Gasteiger partial charge < -0.3 is 10.2 Å². The number of fused-ring (bicyclic) bond motifs is 2. The Morgan fingerprint density at radius 3 is 2.54 bits per heavy atom. The minimum atomic E-state index is -4.79. The molecule has 2 bridgehead atoms. The molecular weight excluding hydrogens is 340 g/mol. The van der Waals surface area contributed by atoms with Crippen molar-refractivity contribution in [2.75, 3.05) is 6.54 Å². The Balaban J connectivity index is 1.65. The van der Waals surface area contributed by atoms with E-state index in [4.69, 9.17) is 9.96 Å². The average Bonchev–Trinajstić information content (AvgIpc) is 3.11. The van der Waals surface area contributed by atoms with E-state index in [0.717, 1.165) is 25.7 Å². The van der Waals surface area contributed by atoms with Crippen LogP contribution in [0.4, 0.5) is 4.79 Å². The van der Waals surface area contributed by atoms with Crippen molar-refractivity contribution < 1.29 is 26.8 Å². The van der Waals surface area contributed by atoms with Gasteiger partial charge in [0.1, 0.15) is 5.84 Å². The van der Waals surface area contributed by atoms with Crippen molar-refractivity contribution in [1.29, 1.82) is 5.41 Å². The van der Waals surface area contributed by atoms with Crippen LogP contribution in [0.15, 0.2) is 0 Å². The standard InChI is InChI=1S/C13H20N4O6S/c14-11(15-12(18)8-3-1-2-4-8)10-6-5-9-7-16(10)13(19)17(9)23-24(20,21)22/h8-10H,1-7H2,(H2,14,15,18)(H,20,21,22)/t9-,10+/m1/s1. The van der Waals surface area contributed by atoms with E-state index < -0.39 is 28.5 Å². The van der Waals surface area contributed by atoms with Gasteiger partial charge in [0, 0.05) is 12.5 Å². The number of carbonyl (C=O) groups is 2. The van der Waals surface area contributed by atoms with Gasteiger partial charge in [-0.3, -0.25) is 14.8 Å². The second kappa shape index (κ2) is 6.30. The first-order valence-corrected chi connectivity index (χ1v) is 9.29. The van der Waals surface area contributed by atoms with E-state index >= 15 is 0 Å². The monoisotopic (exact) mass is 360 g/mol. The molecule has 1 aliphatic carbocycles. The lowest BCUT2D eigenvalue weighted by molar-refractivity contribution is -0.123. The van der Waals surface area contributed by atoms with Crippen LogP contribution in [0.1, 0.15) is 38.5 Å². The van der Waals surface area contributed by atoms with Crippen LogP contribution < -0.4 is 5.32 Å². The maximum absolute atomic E-state index is 12.3. The molecule has 11 heteroatoms. The highest BCUT2D eigenvalue weighted by atomic mass is 32.3. The third kappa shape index (κ3) is 3.37. The van der Waals surface area contributed by atoms with Gasteiger partial charge in [-0.05, 0) is 25.7 Å². The zero-order valence-electron chi connectivity index (χ0n) is 13.0. The molecule has 134 valence electrons. The van der Waals surface area contributed by atoms with Gasteiger partial charge >= 0.3 is 16.4 Å². The largest absolute Gasteiger partial charge is 0.418 e. The predicted octanol–water partition coefficient (Wildman–Crippen LogP) is 0.273. The smallest absolute Gasteiger partial charge is 0.313 e. The van der Waals surface area contributed by atoms with E-state index in [1.54, 1.807) is 0 Å². The lowest BCUT2D eigenvalue weighted by Gasteiger charge is -2.31. The number of urea groups is 1. The topological polar surface area (TPSA) is 140 Å². The van der Waals surface area contributed by atoms with Crippen molar-refractivity contribution in [3.63, 3.8) is 0 Å². The molecule has 3 fully saturated rings. The van der Waals surface area contributed by atoms with Crippen molar-refractivity contribution in [3.8, 4) is 0 Å². The Morgan fingerprint density at radius 1 is 1.25 bits per heavy atom. The van der Waals surface area contributed by atoms with Crippen molar-refractivity contribution >= 4 is 28.2 Å². The SMILES string of the molecule is N=C(NC(=O)C1CCCC1)[C@@H]1CC[C@@H]2CN1C(=O)N2OS(=O)(=O)O. The second-order valence-electron chi connectivity index (χ2n) is 6.39. The summed E-state index contributed by atoms with van der Waals surface area (Å²) in [4.78, 5) is 25.7. The molecule has 2 atom stereocenters. The van der Waals surface area contributed by atoms with Crippen molar-refractivity contribution in [2.24, 2.45) is 5.92 Å². The van der Waals surface area contributed by atoms with Crippen LogP contribution in [0.25, 0.3) is 0 Å². The fourth-order valence-corrected chi connectivity index (χ4v) is 4.03. The van der Waals surface area contributed by atoms with Crippen LogP contribution in [0.2, 0.25) is 0 Å². The zero-order valence-corrected chi connectivity index (χ0v) is 13.8. The second-order valence-corrected chi connectivity index (χ2v) is 7.40. The van der Waals surface area contributed by atoms with Crippen LogP contribution in [0.5, 0.6) is 0 Å². The number of nitrogens with one attached hydrogen (secondary N) is 2. The fraction of sp³-hybridized carbons (Fsp3) is 0.769. The highest BCUT2D eigenvalue weighted by Crippen LogP contribution is 2.31. The molecule has 0 unspecified atom stereocenters. The van der Waals surface area contributed by atoms with E-state index in [9.17, 15) is 18.0 Å². The minimum absolute atomic E-state index is 0.0626. The molecule has 3 rings (SSSR count).